The SMILES string of the molecule is O=C(CBr)Cc1cc2ccc(C(F)(F)F)cc2c2cc(C(F)(F)F)ccc12. The van der Waals surface area contributed by atoms with Gasteiger partial charge in [0.05, 0.1) is 16.5 Å². The minimum Gasteiger partial charge on any atom is -0.298 e. The fourth-order valence-corrected chi connectivity index (χ4v) is 3.18. The van der Waals surface area contributed by atoms with Crippen molar-refractivity contribution in [2.45, 2.75) is 18.8 Å². The van der Waals surface area contributed by atoms with Crippen LogP contribution in [0.1, 0.15) is 16.7 Å². The molecule has 0 spiro atoms. The van der Waals surface area contributed by atoms with Gasteiger partial charge in [0.15, 0.2) is 0 Å². The Labute approximate surface area is 158 Å². The van der Waals surface area contributed by atoms with Gasteiger partial charge in [-0.15, -0.1) is 0 Å². The predicted molar refractivity (Wildman–Crippen MR) is 94.0 cm³/mol. The Hall–Kier alpha value is -2.09. The highest BCUT2D eigenvalue weighted by molar-refractivity contribution is 9.09. The van der Waals surface area contributed by atoms with Crippen LogP contribution in [-0.4, -0.2) is 11.1 Å². The lowest BCUT2D eigenvalue weighted by molar-refractivity contribution is -0.138. The highest BCUT2D eigenvalue weighted by Crippen LogP contribution is 2.38. The second-order valence-electron chi connectivity index (χ2n) is 6.08. The molecule has 0 aliphatic carbocycles. The fraction of sp³-hybridized carbons (Fsp3) is 0.211. The summed E-state index contributed by atoms with van der Waals surface area (Å²) < 4.78 is 78.5. The fourth-order valence-electron chi connectivity index (χ4n) is 2.99. The van der Waals surface area contributed by atoms with Crippen molar-refractivity contribution in [3.63, 3.8) is 0 Å². The summed E-state index contributed by atoms with van der Waals surface area (Å²) in [5.41, 5.74) is -1.44. The van der Waals surface area contributed by atoms with Crippen molar-refractivity contribution >= 4 is 43.3 Å². The minimum atomic E-state index is -4.64. The van der Waals surface area contributed by atoms with E-state index in [1.54, 1.807) is 6.07 Å². The van der Waals surface area contributed by atoms with Crippen molar-refractivity contribution in [3.05, 3.63) is 59.2 Å². The highest BCUT2D eigenvalue weighted by Gasteiger charge is 2.32. The second kappa shape index (κ2) is 6.82. The quantitative estimate of drug-likeness (QED) is 0.252. The summed E-state index contributed by atoms with van der Waals surface area (Å²) in [4.78, 5) is 11.8. The zero-order valence-corrected chi connectivity index (χ0v) is 15.1. The first kappa shape index (κ1) is 19.7. The first-order chi connectivity index (χ1) is 12.5. The van der Waals surface area contributed by atoms with Crippen molar-refractivity contribution in [1.29, 1.82) is 0 Å². The van der Waals surface area contributed by atoms with Gasteiger partial charge in [-0.1, -0.05) is 34.1 Å². The molecule has 0 aliphatic rings. The lowest BCUT2D eigenvalue weighted by Crippen LogP contribution is -2.07. The van der Waals surface area contributed by atoms with Crippen molar-refractivity contribution in [1.82, 2.24) is 0 Å². The van der Waals surface area contributed by atoms with E-state index in [9.17, 15) is 31.1 Å². The Morgan fingerprint density at radius 1 is 0.778 bits per heavy atom. The Morgan fingerprint density at radius 2 is 1.33 bits per heavy atom. The van der Waals surface area contributed by atoms with E-state index in [1.807, 2.05) is 0 Å². The van der Waals surface area contributed by atoms with Gasteiger partial charge in [-0.05, 0) is 51.4 Å². The Bertz CT molecular complexity index is 1040. The van der Waals surface area contributed by atoms with Crippen molar-refractivity contribution < 1.29 is 31.1 Å². The number of hydrogen-bond donors (Lipinski definition) is 0. The average molecular weight is 449 g/mol. The van der Waals surface area contributed by atoms with Crippen LogP contribution in [0.2, 0.25) is 0 Å². The zero-order chi connectivity index (χ0) is 20.0. The lowest BCUT2D eigenvalue weighted by atomic mass is 9.92. The third kappa shape index (κ3) is 3.95. The number of carbonyl (C=O) groups is 1. The molecule has 0 radical (unpaired) electrons. The highest BCUT2D eigenvalue weighted by atomic mass is 79.9. The number of rotatable bonds is 3. The number of benzene rings is 3. The van der Waals surface area contributed by atoms with Crippen LogP contribution in [-0.2, 0) is 23.6 Å². The Balaban J connectivity index is 2.37. The van der Waals surface area contributed by atoms with Crippen LogP contribution < -0.4 is 0 Å². The molecule has 0 amide bonds. The molecule has 0 unspecified atom stereocenters. The topological polar surface area (TPSA) is 17.1 Å². The number of fused-ring (bicyclic) bond motifs is 3. The van der Waals surface area contributed by atoms with E-state index in [2.05, 4.69) is 15.9 Å². The van der Waals surface area contributed by atoms with E-state index in [0.29, 0.717) is 16.3 Å². The predicted octanol–water partition coefficient (Wildman–Crippen LogP) is 6.54. The normalized spacial score (nSPS) is 12.7. The molecule has 1 nitrogen and oxygen atoms in total. The Morgan fingerprint density at radius 3 is 1.89 bits per heavy atom. The summed E-state index contributed by atoms with van der Waals surface area (Å²) in [7, 11) is 0. The van der Waals surface area contributed by atoms with E-state index in [1.165, 1.54) is 12.1 Å². The summed E-state index contributed by atoms with van der Waals surface area (Å²) in [6.07, 6.45) is -9.29. The minimum absolute atomic E-state index is 0.0331. The van der Waals surface area contributed by atoms with Gasteiger partial charge in [0.1, 0.15) is 5.78 Å². The molecule has 3 aromatic rings. The van der Waals surface area contributed by atoms with Gasteiger partial charge in [0.25, 0.3) is 0 Å². The number of carbonyl (C=O) groups excluding carboxylic acids is 1. The van der Waals surface area contributed by atoms with Gasteiger partial charge in [-0.25, -0.2) is 0 Å². The maximum atomic E-state index is 13.1. The molecule has 0 atom stereocenters. The third-order valence-electron chi connectivity index (χ3n) is 4.23. The van der Waals surface area contributed by atoms with Crippen molar-refractivity contribution in [2.24, 2.45) is 0 Å². The molecule has 0 N–H and O–H groups in total. The van der Waals surface area contributed by atoms with E-state index in [4.69, 9.17) is 0 Å². The van der Waals surface area contributed by atoms with Crippen LogP contribution in [0, 0.1) is 0 Å². The molecule has 3 aromatic carbocycles. The molecule has 0 saturated heterocycles. The molecule has 0 bridgehead atoms. The average Bonchev–Trinajstić information content (AvgIpc) is 2.59. The monoisotopic (exact) mass is 448 g/mol. The van der Waals surface area contributed by atoms with Crippen molar-refractivity contribution in [2.75, 3.05) is 5.33 Å². The lowest BCUT2D eigenvalue weighted by Gasteiger charge is -2.15. The van der Waals surface area contributed by atoms with Crippen molar-refractivity contribution in [3.8, 4) is 0 Å². The van der Waals surface area contributed by atoms with Crippen LogP contribution >= 0.6 is 15.9 Å². The molecular weight excluding hydrogens is 438 g/mol. The van der Waals surface area contributed by atoms with Gasteiger partial charge < -0.3 is 0 Å². The van der Waals surface area contributed by atoms with Crippen LogP contribution in [0.25, 0.3) is 21.5 Å². The molecule has 142 valence electrons. The molecule has 8 heteroatoms. The number of hydrogen-bond acceptors (Lipinski definition) is 1. The number of ketones is 1. The van der Waals surface area contributed by atoms with Gasteiger partial charge in [0.2, 0.25) is 0 Å². The van der Waals surface area contributed by atoms with Gasteiger partial charge in [-0.2, -0.15) is 26.3 Å². The van der Waals surface area contributed by atoms with Gasteiger partial charge in [0, 0.05) is 6.42 Å². The summed E-state index contributed by atoms with van der Waals surface area (Å²) in [6, 6.07) is 7.37. The van der Waals surface area contributed by atoms with E-state index >= 15 is 0 Å². The molecule has 0 heterocycles. The molecule has 3 rings (SSSR count). The third-order valence-corrected chi connectivity index (χ3v) is 4.86. The van der Waals surface area contributed by atoms with Gasteiger partial charge >= 0.3 is 12.4 Å². The van der Waals surface area contributed by atoms with E-state index < -0.39 is 23.5 Å². The summed E-state index contributed by atoms with van der Waals surface area (Å²) >= 11 is 3.03. The maximum absolute atomic E-state index is 13.1. The maximum Gasteiger partial charge on any atom is 0.416 e. The van der Waals surface area contributed by atoms with E-state index in [-0.39, 0.29) is 28.3 Å². The molecule has 0 fully saturated rings. The van der Waals surface area contributed by atoms with Crippen LogP contribution in [0.4, 0.5) is 26.3 Å². The summed E-state index contributed by atoms with van der Waals surface area (Å²) in [5.74, 6) is -0.192. The first-order valence-corrected chi connectivity index (χ1v) is 8.84. The van der Waals surface area contributed by atoms with Crippen LogP contribution in [0.15, 0.2) is 42.5 Å². The number of Topliss-reactive ketones (excluding diaryl/α,β-unsaturated/α-hetero) is 1. The standard InChI is InChI=1S/C19H11BrF6O/c20-9-14(27)6-11-5-10-1-2-12(18(21,22)23)7-16(10)17-8-13(19(24,25)26)3-4-15(11)17/h1-5,7-8H,6,9H2. The molecular formula is C19H11BrF6O. The smallest absolute Gasteiger partial charge is 0.298 e. The van der Waals surface area contributed by atoms with Gasteiger partial charge in [-0.3, -0.25) is 4.79 Å². The first-order valence-electron chi connectivity index (χ1n) is 7.72. The summed E-state index contributed by atoms with van der Waals surface area (Å²) in [5, 5.41) is 0.822. The molecule has 0 aliphatic heterocycles. The largest absolute Gasteiger partial charge is 0.416 e. The molecule has 27 heavy (non-hydrogen) atoms. The zero-order valence-electron chi connectivity index (χ0n) is 13.5. The van der Waals surface area contributed by atoms with E-state index in [0.717, 1.165) is 24.3 Å². The van der Waals surface area contributed by atoms with Crippen LogP contribution in [0.5, 0.6) is 0 Å². The molecule has 0 saturated carbocycles. The number of halogens is 7. The molecule has 0 aromatic heterocycles. The number of alkyl halides is 7. The Kier molecular flexibility index (Phi) is 4.96. The second-order valence-corrected chi connectivity index (χ2v) is 6.64. The van der Waals surface area contributed by atoms with Crippen LogP contribution in [0.3, 0.4) is 0 Å². The summed E-state index contributed by atoms with van der Waals surface area (Å²) in [6.45, 7) is 0.